The van der Waals surface area contributed by atoms with Crippen LogP contribution in [0.25, 0.3) is 10.8 Å². The second-order valence-corrected chi connectivity index (χ2v) is 15.5. The Morgan fingerprint density at radius 1 is 1.00 bits per heavy atom. The maximum absolute atomic E-state index is 13.6. The van der Waals surface area contributed by atoms with Crippen molar-refractivity contribution in [3.05, 3.63) is 87.6 Å². The maximum atomic E-state index is 13.6. The van der Waals surface area contributed by atoms with E-state index in [9.17, 15) is 26.2 Å². The quantitative estimate of drug-likeness (QED) is 0.310. The van der Waals surface area contributed by atoms with E-state index in [0.717, 1.165) is 21.4 Å². The molecule has 2 aliphatic rings. The first kappa shape index (κ1) is 29.3. The normalized spacial score (nSPS) is 21.5. The van der Waals surface area contributed by atoms with Crippen LogP contribution in [0.15, 0.2) is 97.3 Å². The average Bonchev–Trinajstić information content (AvgIpc) is 3.27. The van der Waals surface area contributed by atoms with Gasteiger partial charge in [-0.1, -0.05) is 54.1 Å². The molecule has 0 spiro atoms. The Labute approximate surface area is 233 Å². The Morgan fingerprint density at radius 2 is 1.64 bits per heavy atom. The first-order valence-corrected chi connectivity index (χ1v) is 16.6. The molecule has 5 rings (SSSR count). The Hall–Kier alpha value is -2.71. The third-order valence-corrected chi connectivity index (χ3v) is 13.6. The van der Waals surface area contributed by atoms with Crippen LogP contribution in [0.4, 0.5) is 0 Å². The van der Waals surface area contributed by atoms with Crippen LogP contribution >= 0.6 is 21.6 Å². The highest BCUT2D eigenvalue weighted by Crippen LogP contribution is 2.72. The van der Waals surface area contributed by atoms with Gasteiger partial charge >= 0.3 is 16.1 Å². The molecule has 0 saturated carbocycles. The molecule has 0 amide bonds. The molecule has 2 atom stereocenters. The monoisotopic (exact) mass is 611 g/mol. The molecule has 2 heterocycles. The second-order valence-electron chi connectivity index (χ2n) is 8.90. The predicted octanol–water partition coefficient (Wildman–Crippen LogP) is 4.17. The van der Waals surface area contributed by atoms with Crippen LogP contribution in [0, 0.1) is 0 Å². The Balaban J connectivity index is 0.00000353. The van der Waals surface area contributed by atoms with Gasteiger partial charge in [0.05, 0.1) is 10.3 Å². The predicted molar refractivity (Wildman–Crippen MR) is 151 cm³/mol. The van der Waals surface area contributed by atoms with Crippen molar-refractivity contribution in [1.29, 1.82) is 0 Å². The minimum absolute atomic E-state index is 0. The molecule has 3 aromatic carbocycles. The zero-order valence-corrected chi connectivity index (χ0v) is 23.8. The van der Waals surface area contributed by atoms with E-state index in [-0.39, 0.29) is 21.1 Å². The summed E-state index contributed by atoms with van der Waals surface area (Å²) in [5.74, 6) is -0.945. The van der Waals surface area contributed by atoms with Crippen LogP contribution in [-0.4, -0.2) is 51.2 Å². The number of fused-ring (bicyclic) bond motifs is 1. The SMILES string of the molecule is CC(C(=O)OS(=O)(=O)c1cccc2c(S(=O)(=O)O)cccc12)S1(c2ccccc2Cl)C=CC2=C1CCNC2.O. The van der Waals surface area contributed by atoms with Crippen molar-refractivity contribution in [2.45, 2.75) is 33.3 Å². The van der Waals surface area contributed by atoms with Gasteiger partial charge in [0.2, 0.25) is 0 Å². The molecular formula is C26H26ClNO8S3. The van der Waals surface area contributed by atoms with Crippen LogP contribution in [0.3, 0.4) is 0 Å². The van der Waals surface area contributed by atoms with E-state index >= 15 is 0 Å². The fourth-order valence-corrected chi connectivity index (χ4v) is 11.5. The van der Waals surface area contributed by atoms with Crippen molar-refractivity contribution in [2.24, 2.45) is 0 Å². The third kappa shape index (κ3) is 5.02. The highest BCUT2D eigenvalue weighted by atomic mass is 35.5. The van der Waals surface area contributed by atoms with E-state index in [1.165, 1.54) is 30.3 Å². The minimum atomic E-state index is -4.67. The standard InChI is InChI=1S/C26H24ClNO7S3.H2O/c1-17(36(25-9-3-2-8-21(25)27)15-13-18-16-28-14-12-22(18)36)26(29)35-38(33,34)24-11-5-6-19-20(24)7-4-10-23(19)37(30,31)32;/h2-11,13,15,17,28H,12,14,16H2,1H3,(H,30,31,32);1H2. The fourth-order valence-electron chi connectivity index (χ4n) is 5.01. The van der Waals surface area contributed by atoms with Gasteiger partial charge in [-0.05, 0) is 60.0 Å². The molecule has 0 bridgehead atoms. The van der Waals surface area contributed by atoms with Gasteiger partial charge in [-0.25, -0.2) is 4.79 Å². The van der Waals surface area contributed by atoms with E-state index in [1.54, 1.807) is 19.1 Å². The zero-order valence-electron chi connectivity index (χ0n) is 20.6. The first-order valence-electron chi connectivity index (χ1n) is 11.6. The van der Waals surface area contributed by atoms with Gasteiger partial charge in [0.15, 0.2) is 0 Å². The van der Waals surface area contributed by atoms with Crippen LogP contribution in [-0.2, 0) is 29.2 Å². The summed E-state index contributed by atoms with van der Waals surface area (Å²) < 4.78 is 65.3. The molecule has 4 N–H and O–H groups in total. The molecule has 0 aromatic heterocycles. The van der Waals surface area contributed by atoms with E-state index in [2.05, 4.69) is 5.32 Å². The van der Waals surface area contributed by atoms with Crippen molar-refractivity contribution >= 4 is 58.6 Å². The second kappa shape index (κ2) is 10.7. The summed E-state index contributed by atoms with van der Waals surface area (Å²) in [6.45, 7) is 3.00. The number of hydrogen-bond acceptors (Lipinski definition) is 7. The smallest absolute Gasteiger partial charge is 0.342 e. The summed E-state index contributed by atoms with van der Waals surface area (Å²) in [7, 11) is -11.5. The lowest BCUT2D eigenvalue weighted by Gasteiger charge is -2.43. The molecule has 0 fully saturated rings. The zero-order chi connectivity index (χ0) is 27.3. The first-order chi connectivity index (χ1) is 18.0. The van der Waals surface area contributed by atoms with E-state index in [4.69, 9.17) is 15.8 Å². The molecule has 0 aliphatic carbocycles. The third-order valence-electron chi connectivity index (χ3n) is 6.77. The molecule has 13 heteroatoms. The Kier molecular flexibility index (Phi) is 8.03. The van der Waals surface area contributed by atoms with Gasteiger partial charge in [-0.2, -0.15) is 26.9 Å². The number of hydrogen-bond donors (Lipinski definition) is 2. The molecule has 2 aliphatic heterocycles. The molecule has 3 aromatic rings. The lowest BCUT2D eigenvalue weighted by atomic mass is 10.1. The van der Waals surface area contributed by atoms with Gasteiger partial charge in [0.1, 0.15) is 9.79 Å². The molecule has 39 heavy (non-hydrogen) atoms. The molecule has 9 nitrogen and oxygen atoms in total. The van der Waals surface area contributed by atoms with Crippen molar-refractivity contribution in [3.8, 4) is 0 Å². The number of rotatable bonds is 6. The van der Waals surface area contributed by atoms with Crippen LogP contribution in [0.1, 0.15) is 13.3 Å². The van der Waals surface area contributed by atoms with Crippen LogP contribution in [0.5, 0.6) is 0 Å². The number of carbonyl (C=O) groups is 1. The number of halogens is 1. The highest BCUT2D eigenvalue weighted by molar-refractivity contribution is 8.40. The van der Waals surface area contributed by atoms with Crippen LogP contribution in [0.2, 0.25) is 5.02 Å². The largest absolute Gasteiger partial charge is 0.412 e. The summed E-state index contributed by atoms with van der Waals surface area (Å²) in [6.07, 6.45) is 2.65. The minimum Gasteiger partial charge on any atom is -0.412 e. The van der Waals surface area contributed by atoms with Crippen molar-refractivity contribution < 1.29 is 35.8 Å². The lowest BCUT2D eigenvalue weighted by molar-refractivity contribution is -0.132. The van der Waals surface area contributed by atoms with E-state index < -0.39 is 46.4 Å². The van der Waals surface area contributed by atoms with Gasteiger partial charge in [-0.3, -0.25) is 4.55 Å². The molecular weight excluding hydrogens is 586 g/mol. The van der Waals surface area contributed by atoms with E-state index in [0.29, 0.717) is 24.5 Å². The van der Waals surface area contributed by atoms with Crippen LogP contribution < -0.4 is 5.32 Å². The number of benzene rings is 3. The molecule has 0 radical (unpaired) electrons. The van der Waals surface area contributed by atoms with E-state index in [1.807, 2.05) is 23.6 Å². The van der Waals surface area contributed by atoms with Gasteiger partial charge < -0.3 is 15.0 Å². The Morgan fingerprint density at radius 3 is 2.31 bits per heavy atom. The summed E-state index contributed by atoms with van der Waals surface area (Å²) in [6, 6.07) is 15.0. The molecule has 2 unspecified atom stereocenters. The van der Waals surface area contributed by atoms with Crippen molar-refractivity contribution in [3.63, 3.8) is 0 Å². The summed E-state index contributed by atoms with van der Waals surface area (Å²) >= 11 is 6.63. The molecule has 208 valence electrons. The Bertz CT molecular complexity index is 1750. The topological polar surface area (TPSA) is 158 Å². The van der Waals surface area contributed by atoms with Crippen molar-refractivity contribution in [1.82, 2.24) is 5.32 Å². The summed E-state index contributed by atoms with van der Waals surface area (Å²) in [5, 5.41) is 4.87. The molecule has 0 saturated heterocycles. The van der Waals surface area contributed by atoms with Gasteiger partial charge in [0.25, 0.3) is 10.1 Å². The van der Waals surface area contributed by atoms with Crippen molar-refractivity contribution in [2.75, 3.05) is 13.1 Å². The number of nitrogens with one attached hydrogen (secondary N) is 1. The number of carbonyl (C=O) groups excluding carboxylic acids is 1. The lowest BCUT2D eigenvalue weighted by Crippen LogP contribution is -2.31. The summed E-state index contributed by atoms with van der Waals surface area (Å²) in [5.41, 5.74) is 1.06. The van der Waals surface area contributed by atoms with Gasteiger partial charge in [0, 0.05) is 22.2 Å². The summed E-state index contributed by atoms with van der Waals surface area (Å²) in [4.78, 5) is 14.6. The average molecular weight is 612 g/mol. The van der Waals surface area contributed by atoms with Gasteiger partial charge in [-0.15, -0.1) is 0 Å². The highest BCUT2D eigenvalue weighted by Gasteiger charge is 2.45. The fraction of sp³-hybridized carbons (Fsp3) is 0.192. The maximum Gasteiger partial charge on any atom is 0.342 e.